The van der Waals surface area contributed by atoms with Crippen molar-refractivity contribution in [2.24, 2.45) is 7.05 Å². The highest BCUT2D eigenvalue weighted by Crippen LogP contribution is 2.31. The largest absolute Gasteiger partial charge is 0.416 e. The summed E-state index contributed by atoms with van der Waals surface area (Å²) in [5.41, 5.74) is 0.719. The van der Waals surface area contributed by atoms with Crippen LogP contribution in [0.3, 0.4) is 0 Å². The first-order valence-electron chi connectivity index (χ1n) is 9.00. The van der Waals surface area contributed by atoms with Gasteiger partial charge in [0.1, 0.15) is 0 Å². The molecule has 3 rings (SSSR count). The lowest BCUT2D eigenvalue weighted by Crippen LogP contribution is -2.33. The number of halogens is 3. The number of ketones is 1. The van der Waals surface area contributed by atoms with Gasteiger partial charge < -0.3 is 4.90 Å². The van der Waals surface area contributed by atoms with Crippen LogP contribution in [-0.2, 0) is 24.6 Å². The van der Waals surface area contributed by atoms with Gasteiger partial charge in [-0.25, -0.2) is 4.68 Å². The van der Waals surface area contributed by atoms with E-state index in [0.717, 1.165) is 17.7 Å². The minimum absolute atomic E-state index is 0.0791. The summed E-state index contributed by atoms with van der Waals surface area (Å²) >= 11 is 0. The predicted octanol–water partition coefficient (Wildman–Crippen LogP) is 3.08. The number of hydrogen-bond donors (Lipinski definition) is 0. The molecule has 0 aliphatic carbocycles. The zero-order valence-corrected chi connectivity index (χ0v) is 16.9. The van der Waals surface area contributed by atoms with E-state index in [4.69, 9.17) is 0 Å². The fourth-order valence-electron chi connectivity index (χ4n) is 3.22. The van der Waals surface area contributed by atoms with Gasteiger partial charge >= 0.3 is 6.18 Å². The first-order chi connectivity index (χ1) is 14.0. The molecule has 3 aromatic rings. The Hall–Kier alpha value is -3.43. The zero-order chi connectivity index (χ0) is 22.2. The molecular formula is C20H20F3N5O2. The Kier molecular flexibility index (Phi) is 5.51. The van der Waals surface area contributed by atoms with Crippen LogP contribution in [-0.4, -0.2) is 43.2 Å². The van der Waals surface area contributed by atoms with Crippen LogP contribution in [0.25, 0.3) is 5.69 Å². The van der Waals surface area contributed by atoms with Crippen molar-refractivity contribution >= 4 is 11.7 Å². The molecule has 0 aliphatic heterocycles. The monoisotopic (exact) mass is 419 g/mol. The predicted molar refractivity (Wildman–Crippen MR) is 102 cm³/mol. The van der Waals surface area contributed by atoms with Crippen LogP contribution in [0.15, 0.2) is 36.7 Å². The van der Waals surface area contributed by atoms with Crippen molar-refractivity contribution in [3.05, 3.63) is 64.7 Å². The van der Waals surface area contributed by atoms with Gasteiger partial charge in [-0.05, 0) is 32.0 Å². The average Bonchev–Trinajstić information content (AvgIpc) is 3.22. The molecule has 10 heteroatoms. The fraction of sp³-hybridized carbons (Fsp3) is 0.300. The number of hydrogen-bond acceptors (Lipinski definition) is 4. The third kappa shape index (κ3) is 4.12. The first-order valence-corrected chi connectivity index (χ1v) is 9.00. The van der Waals surface area contributed by atoms with E-state index in [1.165, 1.54) is 28.8 Å². The van der Waals surface area contributed by atoms with E-state index < -0.39 is 23.4 Å². The summed E-state index contributed by atoms with van der Waals surface area (Å²) in [4.78, 5) is 26.8. The highest BCUT2D eigenvalue weighted by Gasteiger charge is 2.31. The number of Topliss-reactive ketones (excluding diaryl/α,β-unsaturated/α-hetero) is 1. The van der Waals surface area contributed by atoms with E-state index in [0.29, 0.717) is 5.69 Å². The van der Waals surface area contributed by atoms with Crippen molar-refractivity contribution in [3.63, 3.8) is 0 Å². The maximum absolute atomic E-state index is 13.0. The number of rotatable bonds is 5. The van der Waals surface area contributed by atoms with Gasteiger partial charge in [-0.3, -0.25) is 14.3 Å². The van der Waals surface area contributed by atoms with Crippen molar-refractivity contribution in [2.45, 2.75) is 26.6 Å². The lowest BCUT2D eigenvalue weighted by atomic mass is 10.1. The highest BCUT2D eigenvalue weighted by molar-refractivity contribution is 6.43. The fourth-order valence-corrected chi connectivity index (χ4v) is 3.22. The Balaban J connectivity index is 1.90. The van der Waals surface area contributed by atoms with Crippen LogP contribution in [0.1, 0.15) is 32.9 Å². The summed E-state index contributed by atoms with van der Waals surface area (Å²) in [6, 6.07) is 4.63. The molecule has 2 aromatic heterocycles. The van der Waals surface area contributed by atoms with Crippen molar-refractivity contribution in [1.29, 1.82) is 0 Å². The number of aromatic nitrogens is 4. The molecule has 0 saturated carbocycles. The minimum atomic E-state index is -4.50. The SMILES string of the molecule is Cc1nn(-c2cccc(C(F)(F)F)c2)c(C)c1C(=O)C(=O)N(C)Cc1cnn(C)c1. The Bertz CT molecular complexity index is 1110. The number of carbonyl (C=O) groups excluding carboxylic acids is 2. The number of likely N-dealkylation sites (N-methyl/N-ethyl adjacent to an activating group) is 1. The second-order valence-corrected chi connectivity index (χ2v) is 7.02. The number of aryl methyl sites for hydroxylation is 2. The van der Waals surface area contributed by atoms with Gasteiger partial charge in [0.05, 0.1) is 34.4 Å². The molecule has 1 amide bonds. The minimum Gasteiger partial charge on any atom is -0.334 e. The van der Waals surface area contributed by atoms with Gasteiger partial charge in [-0.1, -0.05) is 6.07 Å². The molecule has 158 valence electrons. The summed E-state index contributed by atoms with van der Waals surface area (Å²) in [6.45, 7) is 3.28. The van der Waals surface area contributed by atoms with Crippen molar-refractivity contribution in [3.8, 4) is 5.69 Å². The Morgan fingerprint density at radius 1 is 1.20 bits per heavy atom. The molecule has 0 fully saturated rings. The molecule has 1 aromatic carbocycles. The molecule has 0 N–H and O–H groups in total. The molecule has 2 heterocycles. The lowest BCUT2D eigenvalue weighted by molar-refractivity contribution is -0.137. The van der Waals surface area contributed by atoms with Crippen LogP contribution < -0.4 is 0 Å². The molecular weight excluding hydrogens is 399 g/mol. The third-order valence-electron chi connectivity index (χ3n) is 4.66. The number of benzene rings is 1. The Morgan fingerprint density at radius 3 is 2.50 bits per heavy atom. The standard InChI is InChI=1S/C20H20F3N5O2/c1-12-17(18(29)19(30)26(3)10-14-9-24-27(4)11-14)13(2)28(25-12)16-7-5-6-15(8-16)20(21,22)23/h5-9,11H,10H2,1-4H3. The molecule has 0 spiro atoms. The first kappa shape index (κ1) is 21.3. The lowest BCUT2D eigenvalue weighted by Gasteiger charge is -2.15. The van der Waals surface area contributed by atoms with Gasteiger partial charge in [-0.15, -0.1) is 0 Å². The summed E-state index contributed by atoms with van der Waals surface area (Å²) in [5.74, 6) is -1.51. The summed E-state index contributed by atoms with van der Waals surface area (Å²) < 4.78 is 41.9. The number of nitrogens with zero attached hydrogens (tertiary/aromatic N) is 5. The normalized spacial score (nSPS) is 11.6. The number of amides is 1. The summed E-state index contributed by atoms with van der Waals surface area (Å²) in [7, 11) is 3.24. The topological polar surface area (TPSA) is 73.0 Å². The molecule has 30 heavy (non-hydrogen) atoms. The van der Waals surface area contributed by atoms with Gasteiger partial charge in [0.15, 0.2) is 0 Å². The van der Waals surface area contributed by atoms with E-state index in [2.05, 4.69) is 10.2 Å². The maximum atomic E-state index is 13.0. The molecule has 0 aliphatic rings. The van der Waals surface area contributed by atoms with Crippen LogP contribution in [0, 0.1) is 13.8 Å². The number of carbonyl (C=O) groups is 2. The van der Waals surface area contributed by atoms with Crippen molar-refractivity contribution in [1.82, 2.24) is 24.5 Å². The van der Waals surface area contributed by atoms with Crippen LogP contribution >= 0.6 is 0 Å². The maximum Gasteiger partial charge on any atom is 0.416 e. The summed E-state index contributed by atoms with van der Waals surface area (Å²) in [6.07, 6.45) is -1.18. The molecule has 0 bridgehead atoms. The van der Waals surface area contributed by atoms with E-state index >= 15 is 0 Å². The van der Waals surface area contributed by atoms with E-state index in [9.17, 15) is 22.8 Å². The molecule has 0 radical (unpaired) electrons. The van der Waals surface area contributed by atoms with Crippen LogP contribution in [0.4, 0.5) is 13.2 Å². The van der Waals surface area contributed by atoms with E-state index in [-0.39, 0.29) is 23.5 Å². The molecule has 0 unspecified atom stereocenters. The second kappa shape index (κ2) is 7.77. The van der Waals surface area contributed by atoms with Gasteiger partial charge in [-0.2, -0.15) is 23.4 Å². The average molecular weight is 419 g/mol. The smallest absolute Gasteiger partial charge is 0.334 e. The van der Waals surface area contributed by atoms with Gasteiger partial charge in [0.25, 0.3) is 11.7 Å². The zero-order valence-electron chi connectivity index (χ0n) is 16.9. The molecule has 0 saturated heterocycles. The highest BCUT2D eigenvalue weighted by atomic mass is 19.4. The van der Waals surface area contributed by atoms with Crippen molar-refractivity contribution < 1.29 is 22.8 Å². The van der Waals surface area contributed by atoms with Gasteiger partial charge in [0, 0.05) is 32.4 Å². The summed E-state index contributed by atoms with van der Waals surface area (Å²) in [5, 5.41) is 8.22. The quantitative estimate of drug-likeness (QED) is 0.471. The second-order valence-electron chi connectivity index (χ2n) is 7.02. The van der Waals surface area contributed by atoms with Crippen LogP contribution in [0.2, 0.25) is 0 Å². The molecule has 0 atom stereocenters. The Morgan fingerprint density at radius 2 is 1.90 bits per heavy atom. The molecule has 7 nitrogen and oxygen atoms in total. The van der Waals surface area contributed by atoms with E-state index in [1.54, 1.807) is 38.0 Å². The van der Waals surface area contributed by atoms with Gasteiger partial charge in [0.2, 0.25) is 0 Å². The van der Waals surface area contributed by atoms with E-state index in [1.807, 2.05) is 0 Å². The third-order valence-corrected chi connectivity index (χ3v) is 4.66. The van der Waals surface area contributed by atoms with Crippen molar-refractivity contribution in [2.75, 3.05) is 7.05 Å². The number of alkyl halides is 3. The van der Waals surface area contributed by atoms with Crippen LogP contribution in [0.5, 0.6) is 0 Å². The Labute approximate surface area is 170 Å².